The van der Waals surface area contributed by atoms with Crippen LogP contribution in [0, 0.1) is 0 Å². The van der Waals surface area contributed by atoms with Crippen LogP contribution in [0.5, 0.6) is 0 Å². The van der Waals surface area contributed by atoms with Crippen LogP contribution in [0.15, 0.2) is 0 Å². The van der Waals surface area contributed by atoms with Crippen molar-refractivity contribution in [2.75, 3.05) is 7.11 Å². The molecule has 0 saturated heterocycles. The van der Waals surface area contributed by atoms with Crippen LogP contribution < -0.4 is 0 Å². The second kappa shape index (κ2) is 2.74. The minimum absolute atomic E-state index is 0.0417. The van der Waals surface area contributed by atoms with Crippen molar-refractivity contribution in [3.8, 4) is 0 Å². The first-order chi connectivity index (χ1) is 4.75. The summed E-state index contributed by atoms with van der Waals surface area (Å²) < 4.78 is 6.60. The summed E-state index contributed by atoms with van der Waals surface area (Å²) in [7, 11) is 3.41. The zero-order valence-corrected chi connectivity index (χ0v) is 6.27. The van der Waals surface area contributed by atoms with E-state index in [4.69, 9.17) is 4.74 Å². The summed E-state index contributed by atoms with van der Waals surface area (Å²) in [5, 5.41) is 10.9. The van der Waals surface area contributed by atoms with Gasteiger partial charge < -0.3 is 4.74 Å². The Morgan fingerprint density at radius 1 is 1.60 bits per heavy atom. The summed E-state index contributed by atoms with van der Waals surface area (Å²) >= 11 is 0. The summed E-state index contributed by atoms with van der Waals surface area (Å²) in [6.45, 7) is 1.89. The molecule has 1 heterocycles. The first-order valence-electron chi connectivity index (χ1n) is 3.00. The van der Waals surface area contributed by atoms with Gasteiger partial charge in [0.05, 0.1) is 0 Å². The third-order valence-electron chi connectivity index (χ3n) is 1.37. The lowest BCUT2D eigenvalue weighted by Gasteiger charge is -2.04. The van der Waals surface area contributed by atoms with Crippen LogP contribution in [0.1, 0.15) is 18.9 Å². The molecular formula is C5H10N4O. The Morgan fingerprint density at radius 3 is 2.70 bits per heavy atom. The number of methoxy groups -OCH3 is 1. The fourth-order valence-electron chi connectivity index (χ4n) is 0.686. The molecule has 0 spiro atoms. The van der Waals surface area contributed by atoms with Gasteiger partial charge in [-0.15, -0.1) is 5.10 Å². The van der Waals surface area contributed by atoms with E-state index in [0.29, 0.717) is 0 Å². The van der Waals surface area contributed by atoms with Gasteiger partial charge in [-0.2, -0.15) is 0 Å². The number of hydrogen-bond donors (Lipinski definition) is 0. The van der Waals surface area contributed by atoms with E-state index in [-0.39, 0.29) is 6.10 Å². The predicted octanol–water partition coefficient (Wildman–Crippen LogP) is -0.0825. The second-order valence-corrected chi connectivity index (χ2v) is 2.04. The van der Waals surface area contributed by atoms with Crippen molar-refractivity contribution >= 4 is 0 Å². The number of tetrazole rings is 1. The Labute approximate surface area is 59.0 Å². The Balaban J connectivity index is 2.82. The van der Waals surface area contributed by atoms with Gasteiger partial charge in [0.2, 0.25) is 0 Å². The summed E-state index contributed by atoms with van der Waals surface area (Å²) in [5.41, 5.74) is 0. The maximum Gasteiger partial charge on any atom is 0.179 e. The molecule has 0 N–H and O–H groups in total. The molecule has 0 aromatic carbocycles. The number of nitrogens with zero attached hydrogens (tertiary/aromatic N) is 4. The maximum absolute atomic E-state index is 5.01. The van der Waals surface area contributed by atoms with Crippen molar-refractivity contribution in [3.05, 3.63) is 5.82 Å². The molecule has 0 fully saturated rings. The van der Waals surface area contributed by atoms with Crippen LogP contribution in [0.3, 0.4) is 0 Å². The van der Waals surface area contributed by atoms with Crippen LogP contribution in [0.2, 0.25) is 0 Å². The van der Waals surface area contributed by atoms with Gasteiger partial charge in [0.25, 0.3) is 0 Å². The molecule has 5 nitrogen and oxygen atoms in total. The average molecular weight is 142 g/mol. The van der Waals surface area contributed by atoms with E-state index in [0.717, 1.165) is 5.82 Å². The largest absolute Gasteiger partial charge is 0.374 e. The van der Waals surface area contributed by atoms with E-state index in [9.17, 15) is 0 Å². The fraction of sp³-hybridized carbons (Fsp3) is 0.800. The second-order valence-electron chi connectivity index (χ2n) is 2.04. The molecule has 0 aliphatic heterocycles. The molecule has 1 aromatic heterocycles. The van der Waals surface area contributed by atoms with Gasteiger partial charge in [0.1, 0.15) is 6.10 Å². The van der Waals surface area contributed by atoms with Gasteiger partial charge in [0, 0.05) is 14.2 Å². The molecule has 0 amide bonds. The Bertz CT molecular complexity index is 209. The van der Waals surface area contributed by atoms with E-state index in [1.54, 1.807) is 18.8 Å². The zero-order chi connectivity index (χ0) is 7.56. The van der Waals surface area contributed by atoms with E-state index in [1.165, 1.54) is 0 Å². The number of ether oxygens (including phenoxy) is 1. The quantitative estimate of drug-likeness (QED) is 0.579. The maximum atomic E-state index is 5.01. The summed E-state index contributed by atoms with van der Waals surface area (Å²) in [6, 6.07) is 0. The lowest BCUT2D eigenvalue weighted by molar-refractivity contribution is 0.108. The lowest BCUT2D eigenvalue weighted by Crippen LogP contribution is -2.05. The predicted molar refractivity (Wildman–Crippen MR) is 34.2 cm³/mol. The molecule has 0 aliphatic rings. The van der Waals surface area contributed by atoms with Gasteiger partial charge in [-0.25, -0.2) is 4.68 Å². The smallest absolute Gasteiger partial charge is 0.179 e. The van der Waals surface area contributed by atoms with Crippen molar-refractivity contribution < 1.29 is 4.74 Å². The lowest BCUT2D eigenvalue weighted by atomic mass is 10.4. The van der Waals surface area contributed by atoms with Crippen LogP contribution in [0.25, 0.3) is 0 Å². The third-order valence-corrected chi connectivity index (χ3v) is 1.37. The molecule has 5 heteroatoms. The standard InChI is InChI=1S/C5H10N4O/c1-4(10-3)5-6-7-8-9(5)2/h4H,1-3H3/t4-/m1/s1. The molecule has 0 unspecified atom stereocenters. The Morgan fingerprint density at radius 2 is 2.30 bits per heavy atom. The van der Waals surface area contributed by atoms with Gasteiger partial charge in [-0.1, -0.05) is 0 Å². The minimum atomic E-state index is -0.0417. The Hall–Kier alpha value is -0.970. The average Bonchev–Trinajstić information content (AvgIpc) is 2.34. The summed E-state index contributed by atoms with van der Waals surface area (Å²) in [5.74, 6) is 0.738. The third kappa shape index (κ3) is 1.13. The number of rotatable bonds is 2. The van der Waals surface area contributed by atoms with Crippen LogP contribution >= 0.6 is 0 Å². The topological polar surface area (TPSA) is 52.8 Å². The van der Waals surface area contributed by atoms with Crippen molar-refractivity contribution in [3.63, 3.8) is 0 Å². The SMILES string of the molecule is CO[C@H](C)c1nnnn1C. The summed E-state index contributed by atoms with van der Waals surface area (Å²) in [4.78, 5) is 0. The van der Waals surface area contributed by atoms with Gasteiger partial charge >= 0.3 is 0 Å². The van der Waals surface area contributed by atoms with Crippen molar-refractivity contribution in [1.82, 2.24) is 20.2 Å². The first kappa shape index (κ1) is 7.14. The summed E-state index contributed by atoms with van der Waals surface area (Å²) in [6.07, 6.45) is -0.0417. The molecule has 0 bridgehead atoms. The molecule has 0 radical (unpaired) electrons. The highest BCUT2D eigenvalue weighted by Crippen LogP contribution is 2.08. The fourth-order valence-corrected chi connectivity index (χ4v) is 0.686. The molecule has 10 heavy (non-hydrogen) atoms. The monoisotopic (exact) mass is 142 g/mol. The molecule has 0 saturated carbocycles. The molecular weight excluding hydrogens is 132 g/mol. The number of aryl methyl sites for hydroxylation is 1. The van der Waals surface area contributed by atoms with Crippen molar-refractivity contribution in [2.45, 2.75) is 13.0 Å². The number of hydrogen-bond acceptors (Lipinski definition) is 4. The number of aromatic nitrogens is 4. The highest BCUT2D eigenvalue weighted by molar-refractivity contribution is 4.83. The van der Waals surface area contributed by atoms with Gasteiger partial charge in [-0.05, 0) is 17.4 Å². The van der Waals surface area contributed by atoms with Crippen molar-refractivity contribution in [1.29, 1.82) is 0 Å². The van der Waals surface area contributed by atoms with Gasteiger partial charge in [-0.3, -0.25) is 0 Å². The van der Waals surface area contributed by atoms with Crippen LogP contribution in [-0.4, -0.2) is 27.3 Å². The van der Waals surface area contributed by atoms with E-state index >= 15 is 0 Å². The van der Waals surface area contributed by atoms with E-state index in [1.807, 2.05) is 6.92 Å². The molecule has 1 rings (SSSR count). The highest BCUT2D eigenvalue weighted by atomic mass is 16.5. The zero-order valence-electron chi connectivity index (χ0n) is 6.27. The van der Waals surface area contributed by atoms with Crippen LogP contribution in [-0.2, 0) is 11.8 Å². The molecule has 1 aromatic rings. The van der Waals surface area contributed by atoms with E-state index in [2.05, 4.69) is 15.5 Å². The Kier molecular flexibility index (Phi) is 1.96. The normalized spacial score (nSPS) is 13.5. The molecule has 56 valence electrons. The highest BCUT2D eigenvalue weighted by Gasteiger charge is 2.09. The van der Waals surface area contributed by atoms with Gasteiger partial charge in [0.15, 0.2) is 5.82 Å². The molecule has 0 aliphatic carbocycles. The van der Waals surface area contributed by atoms with Crippen LogP contribution in [0.4, 0.5) is 0 Å². The minimum Gasteiger partial charge on any atom is -0.374 e. The van der Waals surface area contributed by atoms with Crippen molar-refractivity contribution in [2.24, 2.45) is 7.05 Å². The molecule has 1 atom stereocenters. The first-order valence-corrected chi connectivity index (χ1v) is 3.00. The van der Waals surface area contributed by atoms with E-state index < -0.39 is 0 Å².